The molecule has 0 aromatic heterocycles. The molecular weight excluding hydrogens is 232 g/mol. The van der Waals surface area contributed by atoms with E-state index in [1.54, 1.807) is 0 Å². The van der Waals surface area contributed by atoms with Crippen LogP contribution in [0.4, 0.5) is 11.4 Å². The molecular formula is C17H28N2. The summed E-state index contributed by atoms with van der Waals surface area (Å²) in [5, 5.41) is 3.82. The Balaban J connectivity index is 2.15. The van der Waals surface area contributed by atoms with E-state index in [9.17, 15) is 0 Å². The number of nitrogens with one attached hydrogen (secondary N) is 1. The van der Waals surface area contributed by atoms with Gasteiger partial charge < -0.3 is 10.2 Å². The molecule has 0 saturated heterocycles. The number of nitrogens with zero attached hydrogens (tertiary/aromatic N) is 1. The van der Waals surface area contributed by atoms with Crippen LogP contribution in [0.25, 0.3) is 0 Å². The molecule has 106 valence electrons. The molecule has 1 aromatic rings. The van der Waals surface area contributed by atoms with E-state index in [0.29, 0.717) is 6.04 Å². The Morgan fingerprint density at radius 3 is 2.47 bits per heavy atom. The molecule has 2 heteroatoms. The first-order valence-corrected chi connectivity index (χ1v) is 7.62. The molecule has 2 nitrogen and oxygen atoms in total. The maximum atomic E-state index is 3.82. The van der Waals surface area contributed by atoms with Crippen LogP contribution >= 0.6 is 0 Å². The second kappa shape index (κ2) is 6.31. The number of rotatable bonds is 4. The van der Waals surface area contributed by atoms with Gasteiger partial charge >= 0.3 is 0 Å². The fourth-order valence-corrected chi connectivity index (χ4v) is 3.32. The SMILES string of the molecule is CC(C)C1CCCCC1Nc1ccccc1N(C)C. The molecule has 0 radical (unpaired) electrons. The van der Waals surface area contributed by atoms with Crippen molar-refractivity contribution in [3.8, 4) is 0 Å². The topological polar surface area (TPSA) is 15.3 Å². The third-order valence-electron chi connectivity index (χ3n) is 4.40. The quantitative estimate of drug-likeness (QED) is 0.864. The van der Waals surface area contributed by atoms with Crippen molar-refractivity contribution in [3.63, 3.8) is 0 Å². The van der Waals surface area contributed by atoms with Gasteiger partial charge in [0.05, 0.1) is 11.4 Å². The average Bonchev–Trinajstić information content (AvgIpc) is 2.39. The number of benzene rings is 1. The van der Waals surface area contributed by atoms with Gasteiger partial charge in [-0.05, 0) is 36.8 Å². The molecule has 1 N–H and O–H groups in total. The normalized spacial score (nSPS) is 23.4. The van der Waals surface area contributed by atoms with E-state index in [4.69, 9.17) is 0 Å². The Morgan fingerprint density at radius 1 is 1.11 bits per heavy atom. The van der Waals surface area contributed by atoms with Gasteiger partial charge in [-0.25, -0.2) is 0 Å². The second-order valence-corrected chi connectivity index (χ2v) is 6.35. The van der Waals surface area contributed by atoms with Crippen LogP contribution in [0, 0.1) is 11.8 Å². The van der Waals surface area contributed by atoms with E-state index in [-0.39, 0.29) is 0 Å². The summed E-state index contributed by atoms with van der Waals surface area (Å²) >= 11 is 0. The third kappa shape index (κ3) is 3.43. The first-order chi connectivity index (χ1) is 9.09. The standard InChI is InChI=1S/C17H28N2/c1-13(2)14-9-5-6-10-15(14)18-16-11-7-8-12-17(16)19(3)4/h7-8,11-15,18H,5-6,9-10H2,1-4H3. The Labute approximate surface area is 118 Å². The van der Waals surface area contributed by atoms with E-state index < -0.39 is 0 Å². The smallest absolute Gasteiger partial charge is 0.0596 e. The lowest BCUT2D eigenvalue weighted by atomic mass is 9.77. The summed E-state index contributed by atoms with van der Waals surface area (Å²) in [4.78, 5) is 2.19. The number of hydrogen-bond donors (Lipinski definition) is 1. The van der Waals surface area contributed by atoms with E-state index in [1.807, 2.05) is 0 Å². The number of para-hydroxylation sites is 2. The highest BCUT2D eigenvalue weighted by Gasteiger charge is 2.27. The molecule has 1 saturated carbocycles. The van der Waals surface area contributed by atoms with Crippen molar-refractivity contribution in [2.75, 3.05) is 24.3 Å². The van der Waals surface area contributed by atoms with Crippen LogP contribution in [0.15, 0.2) is 24.3 Å². The zero-order valence-corrected chi connectivity index (χ0v) is 12.8. The van der Waals surface area contributed by atoms with Gasteiger partial charge in [0.15, 0.2) is 0 Å². The maximum absolute atomic E-state index is 3.82. The predicted octanol–water partition coefficient (Wildman–Crippen LogP) is 4.38. The molecule has 1 aliphatic rings. The molecule has 0 bridgehead atoms. The summed E-state index contributed by atoms with van der Waals surface area (Å²) in [6.45, 7) is 4.73. The molecule has 0 spiro atoms. The summed E-state index contributed by atoms with van der Waals surface area (Å²) in [6, 6.07) is 9.27. The fourth-order valence-electron chi connectivity index (χ4n) is 3.32. The Bertz CT molecular complexity index is 398. The molecule has 19 heavy (non-hydrogen) atoms. The first-order valence-electron chi connectivity index (χ1n) is 7.62. The maximum Gasteiger partial charge on any atom is 0.0596 e. The third-order valence-corrected chi connectivity index (χ3v) is 4.40. The summed E-state index contributed by atoms with van der Waals surface area (Å²) in [5.74, 6) is 1.58. The van der Waals surface area contributed by atoms with Crippen LogP contribution in [0.3, 0.4) is 0 Å². The fraction of sp³-hybridized carbons (Fsp3) is 0.647. The minimum absolute atomic E-state index is 0.634. The summed E-state index contributed by atoms with van der Waals surface area (Å²) in [7, 11) is 4.22. The van der Waals surface area contributed by atoms with Gasteiger partial charge in [-0.1, -0.05) is 38.8 Å². The molecule has 0 aliphatic heterocycles. The van der Waals surface area contributed by atoms with Gasteiger partial charge in [0.2, 0.25) is 0 Å². The van der Waals surface area contributed by atoms with Crippen LogP contribution in [-0.2, 0) is 0 Å². The van der Waals surface area contributed by atoms with Gasteiger partial charge in [0.1, 0.15) is 0 Å². The molecule has 0 heterocycles. The lowest BCUT2D eigenvalue weighted by Crippen LogP contribution is -2.35. The molecule has 2 unspecified atom stereocenters. The monoisotopic (exact) mass is 260 g/mol. The highest BCUT2D eigenvalue weighted by molar-refractivity contribution is 5.69. The Hall–Kier alpha value is -1.18. The van der Waals surface area contributed by atoms with E-state index in [1.165, 1.54) is 37.1 Å². The number of anilines is 2. The molecule has 1 fully saturated rings. The van der Waals surface area contributed by atoms with Crippen LogP contribution in [0.2, 0.25) is 0 Å². The average molecular weight is 260 g/mol. The number of hydrogen-bond acceptors (Lipinski definition) is 2. The highest BCUT2D eigenvalue weighted by atomic mass is 15.1. The minimum atomic E-state index is 0.634. The molecule has 1 aromatic carbocycles. The summed E-state index contributed by atoms with van der Waals surface area (Å²) < 4.78 is 0. The molecule has 0 amide bonds. The van der Waals surface area contributed by atoms with Crippen LogP contribution < -0.4 is 10.2 Å². The van der Waals surface area contributed by atoms with Gasteiger partial charge in [-0.15, -0.1) is 0 Å². The van der Waals surface area contributed by atoms with Crippen molar-refractivity contribution in [2.45, 2.75) is 45.6 Å². The minimum Gasteiger partial charge on any atom is -0.380 e. The molecule has 2 rings (SSSR count). The molecule has 2 atom stereocenters. The lowest BCUT2D eigenvalue weighted by Gasteiger charge is -2.36. The largest absolute Gasteiger partial charge is 0.380 e. The van der Waals surface area contributed by atoms with Crippen molar-refractivity contribution >= 4 is 11.4 Å². The van der Waals surface area contributed by atoms with Crippen LogP contribution in [-0.4, -0.2) is 20.1 Å². The van der Waals surface area contributed by atoms with Crippen molar-refractivity contribution in [1.29, 1.82) is 0 Å². The van der Waals surface area contributed by atoms with Crippen LogP contribution in [0.1, 0.15) is 39.5 Å². The second-order valence-electron chi connectivity index (χ2n) is 6.35. The Morgan fingerprint density at radius 2 is 1.79 bits per heavy atom. The van der Waals surface area contributed by atoms with E-state index in [2.05, 4.69) is 62.4 Å². The van der Waals surface area contributed by atoms with Gasteiger partial charge in [0, 0.05) is 20.1 Å². The van der Waals surface area contributed by atoms with Crippen molar-refractivity contribution in [2.24, 2.45) is 11.8 Å². The van der Waals surface area contributed by atoms with Gasteiger partial charge in [-0.3, -0.25) is 0 Å². The van der Waals surface area contributed by atoms with E-state index in [0.717, 1.165) is 11.8 Å². The van der Waals surface area contributed by atoms with Crippen molar-refractivity contribution < 1.29 is 0 Å². The van der Waals surface area contributed by atoms with Crippen molar-refractivity contribution in [1.82, 2.24) is 0 Å². The van der Waals surface area contributed by atoms with Gasteiger partial charge in [-0.2, -0.15) is 0 Å². The Kier molecular flexibility index (Phi) is 4.73. The zero-order chi connectivity index (χ0) is 13.8. The molecule has 1 aliphatic carbocycles. The summed E-state index contributed by atoms with van der Waals surface area (Å²) in [5.41, 5.74) is 2.57. The van der Waals surface area contributed by atoms with E-state index >= 15 is 0 Å². The van der Waals surface area contributed by atoms with Gasteiger partial charge in [0.25, 0.3) is 0 Å². The highest BCUT2D eigenvalue weighted by Crippen LogP contribution is 2.34. The van der Waals surface area contributed by atoms with Crippen LogP contribution in [0.5, 0.6) is 0 Å². The zero-order valence-electron chi connectivity index (χ0n) is 12.8. The summed E-state index contributed by atoms with van der Waals surface area (Å²) in [6.07, 6.45) is 5.45. The predicted molar refractivity (Wildman–Crippen MR) is 85.0 cm³/mol. The van der Waals surface area contributed by atoms with Crippen molar-refractivity contribution in [3.05, 3.63) is 24.3 Å². The lowest BCUT2D eigenvalue weighted by molar-refractivity contribution is 0.254. The first kappa shape index (κ1) is 14.2.